The van der Waals surface area contributed by atoms with E-state index >= 15 is 0 Å². The number of anilines is 1. The van der Waals surface area contributed by atoms with Crippen LogP contribution in [0.1, 0.15) is 30.0 Å². The smallest absolute Gasteiger partial charge is 0.243 e. The average molecular weight is 550 g/mol. The summed E-state index contributed by atoms with van der Waals surface area (Å²) in [5.41, 5.74) is 2.11. The van der Waals surface area contributed by atoms with Gasteiger partial charge < -0.3 is 14.2 Å². The van der Waals surface area contributed by atoms with Gasteiger partial charge in [-0.25, -0.2) is 18.4 Å². The quantitative estimate of drug-likeness (QED) is 0.311. The van der Waals surface area contributed by atoms with Crippen molar-refractivity contribution < 1.29 is 22.6 Å². The van der Waals surface area contributed by atoms with E-state index in [1.165, 1.54) is 32.8 Å². The number of nitriles is 1. The van der Waals surface area contributed by atoms with E-state index in [0.29, 0.717) is 28.3 Å². The summed E-state index contributed by atoms with van der Waals surface area (Å²) >= 11 is 0. The predicted molar refractivity (Wildman–Crippen MR) is 143 cm³/mol. The van der Waals surface area contributed by atoms with E-state index in [1.54, 1.807) is 54.9 Å². The lowest BCUT2D eigenvalue weighted by atomic mass is 10.1. The number of aromatic nitrogens is 5. The molecule has 0 aliphatic carbocycles. The number of ether oxygens (including phenoxy) is 3. The number of sulfonamides is 1. The highest BCUT2D eigenvalue weighted by atomic mass is 32.2. The minimum Gasteiger partial charge on any atom is -0.494 e. The fourth-order valence-corrected chi connectivity index (χ4v) is 5.10. The molecular weight excluding hydrogens is 522 g/mol. The van der Waals surface area contributed by atoms with Gasteiger partial charge in [-0.2, -0.15) is 5.26 Å². The zero-order valence-electron chi connectivity index (χ0n) is 22.0. The molecule has 0 fully saturated rings. The molecule has 0 spiro atoms. The topological polar surface area (TPSA) is 154 Å². The number of nitrogens with one attached hydrogen (secondary N) is 1. The Hall–Kier alpha value is -4.54. The maximum Gasteiger partial charge on any atom is 0.243 e. The molecule has 0 saturated carbocycles. The normalized spacial score (nSPS) is 12.8. The van der Waals surface area contributed by atoms with Crippen molar-refractivity contribution in [2.24, 2.45) is 0 Å². The van der Waals surface area contributed by atoms with Crippen molar-refractivity contribution in [1.82, 2.24) is 24.7 Å². The van der Waals surface area contributed by atoms with E-state index in [-0.39, 0.29) is 17.6 Å². The maximum absolute atomic E-state index is 13.6. The zero-order valence-corrected chi connectivity index (χ0v) is 22.8. The molecule has 2 heterocycles. The van der Waals surface area contributed by atoms with Crippen molar-refractivity contribution in [2.75, 3.05) is 26.1 Å². The lowest BCUT2D eigenvalue weighted by Gasteiger charge is -2.23. The first kappa shape index (κ1) is 27.5. The Morgan fingerprint density at radius 1 is 1.00 bits per heavy atom. The van der Waals surface area contributed by atoms with Crippen LogP contribution in [0.5, 0.6) is 11.5 Å². The summed E-state index contributed by atoms with van der Waals surface area (Å²) < 4.78 is 48.0. The molecule has 4 rings (SSSR count). The molecule has 0 bridgehead atoms. The SMILES string of the molecule is COc1cccc(OC)c1-n1c(NS(=O)(=O)[C@@H](C)[C@H](OC)c2ncc(C)cn2)nnc1-c1cccc(C#N)c1. The molecule has 2 atom stereocenters. The highest BCUT2D eigenvalue weighted by molar-refractivity contribution is 7.93. The van der Waals surface area contributed by atoms with Crippen molar-refractivity contribution >= 4 is 16.0 Å². The highest BCUT2D eigenvalue weighted by Gasteiger charge is 2.35. The molecule has 0 aliphatic rings. The van der Waals surface area contributed by atoms with Gasteiger partial charge in [0.05, 0.1) is 25.9 Å². The molecule has 0 unspecified atom stereocenters. The Morgan fingerprint density at radius 3 is 2.23 bits per heavy atom. The molecular formula is C26H27N7O5S. The second-order valence-electron chi connectivity index (χ2n) is 8.51. The van der Waals surface area contributed by atoms with Crippen molar-refractivity contribution in [3.63, 3.8) is 0 Å². The number of para-hydroxylation sites is 1. The van der Waals surface area contributed by atoms with E-state index in [9.17, 15) is 13.7 Å². The van der Waals surface area contributed by atoms with Gasteiger partial charge in [0.15, 0.2) is 11.6 Å². The number of hydrogen-bond donors (Lipinski definition) is 1. The molecule has 13 heteroatoms. The summed E-state index contributed by atoms with van der Waals surface area (Å²) in [6, 6.07) is 13.9. The number of methoxy groups -OCH3 is 3. The van der Waals surface area contributed by atoms with Crippen LogP contribution in [0.2, 0.25) is 0 Å². The van der Waals surface area contributed by atoms with Crippen molar-refractivity contribution in [3.05, 3.63) is 71.8 Å². The van der Waals surface area contributed by atoms with Gasteiger partial charge in [-0.3, -0.25) is 9.29 Å². The largest absolute Gasteiger partial charge is 0.494 e. The average Bonchev–Trinajstić information content (AvgIpc) is 3.35. The van der Waals surface area contributed by atoms with Crippen LogP contribution in [0.3, 0.4) is 0 Å². The number of nitrogens with zero attached hydrogens (tertiary/aromatic N) is 6. The molecule has 0 saturated heterocycles. The first-order valence-electron chi connectivity index (χ1n) is 11.7. The van der Waals surface area contributed by atoms with Crippen molar-refractivity contribution in [3.8, 4) is 34.6 Å². The monoisotopic (exact) mass is 549 g/mol. The molecule has 0 aliphatic heterocycles. The Kier molecular flexibility index (Phi) is 8.08. The lowest BCUT2D eigenvalue weighted by Crippen LogP contribution is -2.33. The third-order valence-electron chi connectivity index (χ3n) is 6.00. The molecule has 202 valence electrons. The molecule has 12 nitrogen and oxygen atoms in total. The van der Waals surface area contributed by atoms with Gasteiger partial charge >= 0.3 is 0 Å². The predicted octanol–water partition coefficient (Wildman–Crippen LogP) is 3.44. The van der Waals surface area contributed by atoms with Crippen molar-refractivity contribution in [1.29, 1.82) is 5.26 Å². The lowest BCUT2D eigenvalue weighted by molar-refractivity contribution is 0.0949. The third-order valence-corrected chi connectivity index (χ3v) is 7.69. The molecule has 1 N–H and O–H groups in total. The molecule has 4 aromatic rings. The number of aryl methyl sites for hydroxylation is 1. The standard InChI is InChI=1S/C26H27N7O5S/c1-16-14-28-24(29-15-16)23(38-5)17(2)39(34,35)32-26-31-30-25(19-9-6-8-18(12-19)13-27)33(26)22-20(36-3)10-7-11-21(22)37-4/h6-12,14-15,17,23H,1-5H3,(H,31,32)/t17-,23-/m0/s1. The van der Waals surface area contributed by atoms with Crippen LogP contribution in [0.25, 0.3) is 17.1 Å². The molecule has 2 aromatic carbocycles. The summed E-state index contributed by atoms with van der Waals surface area (Å²) in [5, 5.41) is 16.7. The molecule has 0 amide bonds. The van der Waals surface area contributed by atoms with Gasteiger partial charge in [0.2, 0.25) is 16.0 Å². The first-order chi connectivity index (χ1) is 18.7. The Labute approximate surface area is 226 Å². The Bertz CT molecular complexity index is 1590. The fraction of sp³-hybridized carbons (Fsp3) is 0.269. The van der Waals surface area contributed by atoms with Gasteiger partial charge in [0, 0.05) is 25.1 Å². The second kappa shape index (κ2) is 11.5. The number of rotatable bonds is 10. The minimum absolute atomic E-state index is 0.123. The summed E-state index contributed by atoms with van der Waals surface area (Å²) in [6.07, 6.45) is 2.22. The van der Waals surface area contributed by atoms with Gasteiger partial charge in [-0.05, 0) is 43.7 Å². The van der Waals surface area contributed by atoms with E-state index in [0.717, 1.165) is 5.56 Å². The van der Waals surface area contributed by atoms with E-state index in [4.69, 9.17) is 14.2 Å². The van der Waals surface area contributed by atoms with Crippen LogP contribution in [0, 0.1) is 18.3 Å². The molecule has 39 heavy (non-hydrogen) atoms. The van der Waals surface area contributed by atoms with E-state index in [1.807, 2.05) is 6.92 Å². The van der Waals surface area contributed by atoms with Crippen LogP contribution < -0.4 is 14.2 Å². The Balaban J connectivity index is 1.86. The summed E-state index contributed by atoms with van der Waals surface area (Å²) in [5.74, 6) is 1.11. The van der Waals surface area contributed by atoms with Gasteiger partial charge in [0.25, 0.3) is 0 Å². The second-order valence-corrected chi connectivity index (χ2v) is 10.6. The fourth-order valence-electron chi connectivity index (χ4n) is 3.97. The van der Waals surface area contributed by atoms with Crippen molar-refractivity contribution in [2.45, 2.75) is 25.2 Å². The molecule has 0 radical (unpaired) electrons. The van der Waals surface area contributed by atoms with E-state index in [2.05, 4.69) is 31.0 Å². The summed E-state index contributed by atoms with van der Waals surface area (Å²) in [4.78, 5) is 8.48. The maximum atomic E-state index is 13.6. The van der Waals surface area contributed by atoms with E-state index < -0.39 is 21.4 Å². The van der Waals surface area contributed by atoms with Gasteiger partial charge in [-0.1, -0.05) is 18.2 Å². The molecule has 2 aromatic heterocycles. The van der Waals surface area contributed by atoms with Crippen LogP contribution in [0.15, 0.2) is 54.9 Å². The highest BCUT2D eigenvalue weighted by Crippen LogP contribution is 2.38. The summed E-state index contributed by atoms with van der Waals surface area (Å²) in [6.45, 7) is 3.32. The third kappa shape index (κ3) is 5.52. The summed E-state index contributed by atoms with van der Waals surface area (Å²) in [7, 11) is 0.208. The van der Waals surface area contributed by atoms with Gasteiger partial charge in [0.1, 0.15) is 28.5 Å². The first-order valence-corrected chi connectivity index (χ1v) is 13.3. The van der Waals surface area contributed by atoms with Gasteiger partial charge in [-0.15, -0.1) is 10.2 Å². The Morgan fingerprint density at radius 2 is 1.64 bits per heavy atom. The van der Waals surface area contributed by atoms with Crippen LogP contribution in [0.4, 0.5) is 5.95 Å². The van der Waals surface area contributed by atoms with Crippen LogP contribution in [-0.4, -0.2) is 59.7 Å². The number of benzene rings is 2. The van der Waals surface area contributed by atoms with Crippen LogP contribution >= 0.6 is 0 Å². The minimum atomic E-state index is -4.15. The number of hydrogen-bond acceptors (Lipinski definition) is 10. The zero-order chi connectivity index (χ0) is 28.2. The van der Waals surface area contributed by atoms with Crippen LogP contribution in [-0.2, 0) is 14.8 Å².